The summed E-state index contributed by atoms with van der Waals surface area (Å²) in [6.45, 7) is 10.3. The molecule has 2 aliphatic rings. The molecule has 1 saturated carbocycles. The van der Waals surface area contributed by atoms with Gasteiger partial charge in [-0.15, -0.1) is 0 Å². The Kier molecular flexibility index (Phi) is 6.75. The Morgan fingerprint density at radius 3 is 2.45 bits per heavy atom. The van der Waals surface area contributed by atoms with Crippen LogP contribution in [0.3, 0.4) is 0 Å². The van der Waals surface area contributed by atoms with Gasteiger partial charge >= 0.3 is 0 Å². The molecule has 1 saturated heterocycles. The predicted molar refractivity (Wildman–Crippen MR) is 115 cm³/mol. The highest BCUT2D eigenvalue weighted by molar-refractivity contribution is 9.10. The fraction of sp³-hybridized carbons (Fsp3) is 0.650. The van der Waals surface area contributed by atoms with Crippen molar-refractivity contribution in [3.63, 3.8) is 0 Å². The molecule has 0 aromatic heterocycles. The molecule has 1 aromatic carbocycles. The number of benzene rings is 1. The van der Waals surface area contributed by atoms with E-state index < -0.39 is 10.0 Å². The lowest BCUT2D eigenvalue weighted by atomic mass is 10.00. The van der Waals surface area contributed by atoms with E-state index in [9.17, 15) is 13.2 Å². The Hall–Kier alpha value is -1.00. The van der Waals surface area contributed by atoms with Crippen LogP contribution in [-0.4, -0.2) is 62.6 Å². The van der Waals surface area contributed by atoms with Crippen molar-refractivity contribution in [1.82, 2.24) is 14.9 Å². The van der Waals surface area contributed by atoms with Gasteiger partial charge in [0.25, 0.3) is 5.91 Å². The molecule has 2 fully saturated rings. The van der Waals surface area contributed by atoms with Gasteiger partial charge in [0, 0.05) is 35.7 Å². The van der Waals surface area contributed by atoms with Gasteiger partial charge in [-0.3, -0.25) is 9.69 Å². The van der Waals surface area contributed by atoms with Crippen molar-refractivity contribution in [2.24, 2.45) is 0 Å². The van der Waals surface area contributed by atoms with E-state index in [4.69, 9.17) is 4.74 Å². The van der Waals surface area contributed by atoms with Crippen LogP contribution in [0.2, 0.25) is 0 Å². The van der Waals surface area contributed by atoms with E-state index in [0.29, 0.717) is 16.6 Å². The van der Waals surface area contributed by atoms with E-state index in [1.165, 1.54) is 12.1 Å². The van der Waals surface area contributed by atoms with E-state index in [1.54, 1.807) is 6.07 Å². The van der Waals surface area contributed by atoms with Gasteiger partial charge in [-0.05, 0) is 74.7 Å². The van der Waals surface area contributed by atoms with Gasteiger partial charge in [0.05, 0.1) is 22.7 Å². The molecule has 9 heteroatoms. The molecule has 2 atom stereocenters. The first-order valence-electron chi connectivity index (χ1n) is 9.98. The zero-order valence-electron chi connectivity index (χ0n) is 17.4. The molecule has 0 spiro atoms. The number of carbonyl (C=O) groups is 1. The zero-order valence-corrected chi connectivity index (χ0v) is 19.8. The summed E-state index contributed by atoms with van der Waals surface area (Å²) in [5.41, 5.74) is 0.0502. The molecule has 1 amide bonds. The van der Waals surface area contributed by atoms with E-state index in [-0.39, 0.29) is 34.6 Å². The van der Waals surface area contributed by atoms with Crippen LogP contribution < -0.4 is 10.0 Å². The Morgan fingerprint density at radius 2 is 1.86 bits per heavy atom. The standard InChI is InChI=1S/C20H30BrN3O4S/c1-13-10-24(11-14(2)28-13)20(3,4)12-22-19(25)17-9-16(7-8-18(17)21)29(26,27)23-15-5-6-15/h7-9,13-15,23H,5-6,10-12H2,1-4H3,(H,22,25). The minimum absolute atomic E-state index is 0.0139. The van der Waals surface area contributed by atoms with Crippen LogP contribution in [0.15, 0.2) is 27.6 Å². The molecule has 2 N–H and O–H groups in total. The summed E-state index contributed by atoms with van der Waals surface area (Å²) in [5, 5.41) is 2.97. The Morgan fingerprint density at radius 1 is 1.24 bits per heavy atom. The van der Waals surface area contributed by atoms with Gasteiger partial charge in [0.15, 0.2) is 0 Å². The van der Waals surface area contributed by atoms with Crippen LogP contribution in [0.1, 0.15) is 50.9 Å². The average Bonchev–Trinajstić information content (AvgIpc) is 3.42. The number of carbonyl (C=O) groups excluding carboxylic acids is 1. The van der Waals surface area contributed by atoms with E-state index in [1.807, 2.05) is 0 Å². The third-order valence-corrected chi connectivity index (χ3v) is 7.56. The Labute approximate surface area is 181 Å². The van der Waals surface area contributed by atoms with Crippen LogP contribution in [0.25, 0.3) is 0 Å². The minimum atomic E-state index is -3.62. The van der Waals surface area contributed by atoms with Gasteiger partial charge in [-0.1, -0.05) is 0 Å². The molecule has 0 bridgehead atoms. The number of ether oxygens (including phenoxy) is 1. The number of nitrogens with one attached hydrogen (secondary N) is 2. The molecule has 0 radical (unpaired) electrons. The number of hydrogen-bond donors (Lipinski definition) is 2. The zero-order chi connectivity index (χ0) is 21.4. The molecule has 1 aliphatic heterocycles. The smallest absolute Gasteiger partial charge is 0.252 e. The largest absolute Gasteiger partial charge is 0.373 e. The van der Waals surface area contributed by atoms with Gasteiger partial charge in [0.1, 0.15) is 0 Å². The van der Waals surface area contributed by atoms with Crippen molar-refractivity contribution >= 4 is 31.9 Å². The predicted octanol–water partition coefficient (Wildman–Crippen LogP) is 2.51. The monoisotopic (exact) mass is 487 g/mol. The second-order valence-corrected chi connectivity index (χ2v) is 11.3. The first-order valence-corrected chi connectivity index (χ1v) is 12.3. The second-order valence-electron chi connectivity index (χ2n) is 8.69. The van der Waals surface area contributed by atoms with Gasteiger partial charge < -0.3 is 10.1 Å². The highest BCUT2D eigenvalue weighted by atomic mass is 79.9. The third-order valence-electron chi connectivity index (χ3n) is 5.35. The first-order chi connectivity index (χ1) is 13.5. The van der Waals surface area contributed by atoms with E-state index in [0.717, 1.165) is 25.9 Å². The van der Waals surface area contributed by atoms with Crippen molar-refractivity contribution in [3.8, 4) is 0 Å². The Bertz CT molecular complexity index is 860. The molecule has 1 aliphatic carbocycles. The maximum atomic E-state index is 12.8. The molecule has 29 heavy (non-hydrogen) atoms. The quantitative estimate of drug-likeness (QED) is 0.616. The third kappa shape index (κ3) is 5.79. The summed E-state index contributed by atoms with van der Waals surface area (Å²) < 4.78 is 34.0. The number of rotatable bonds is 7. The molecule has 3 rings (SSSR count). The molecular formula is C20H30BrN3O4S. The Balaban J connectivity index is 1.69. The minimum Gasteiger partial charge on any atom is -0.373 e. The molecule has 7 nitrogen and oxygen atoms in total. The molecule has 1 heterocycles. The summed E-state index contributed by atoms with van der Waals surface area (Å²) in [7, 11) is -3.62. The average molecular weight is 488 g/mol. The summed E-state index contributed by atoms with van der Waals surface area (Å²) in [6, 6.07) is 4.55. The molecule has 162 valence electrons. The van der Waals surface area contributed by atoms with Crippen molar-refractivity contribution in [2.45, 2.75) is 69.2 Å². The lowest BCUT2D eigenvalue weighted by Crippen LogP contribution is -2.58. The van der Waals surface area contributed by atoms with Crippen LogP contribution in [0.5, 0.6) is 0 Å². The van der Waals surface area contributed by atoms with Crippen molar-refractivity contribution in [2.75, 3.05) is 19.6 Å². The SMILES string of the molecule is CC1CN(C(C)(C)CNC(=O)c2cc(S(=O)(=O)NC3CC3)ccc2Br)CC(C)O1. The summed E-state index contributed by atoms with van der Waals surface area (Å²) in [4.78, 5) is 15.3. The van der Waals surface area contributed by atoms with Gasteiger partial charge in [-0.25, -0.2) is 13.1 Å². The highest BCUT2D eigenvalue weighted by Crippen LogP contribution is 2.25. The van der Waals surface area contributed by atoms with Gasteiger partial charge in [-0.2, -0.15) is 0 Å². The van der Waals surface area contributed by atoms with Crippen LogP contribution in [0.4, 0.5) is 0 Å². The number of hydrogen-bond acceptors (Lipinski definition) is 5. The number of halogens is 1. The normalized spacial score (nSPS) is 23.8. The first kappa shape index (κ1) is 22.7. The van der Waals surface area contributed by atoms with E-state index >= 15 is 0 Å². The molecular weight excluding hydrogens is 458 g/mol. The van der Waals surface area contributed by atoms with Crippen molar-refractivity contribution in [3.05, 3.63) is 28.2 Å². The summed E-state index contributed by atoms with van der Waals surface area (Å²) >= 11 is 3.37. The van der Waals surface area contributed by atoms with Gasteiger partial charge in [0.2, 0.25) is 10.0 Å². The number of sulfonamides is 1. The van der Waals surface area contributed by atoms with Crippen LogP contribution in [0, 0.1) is 0 Å². The van der Waals surface area contributed by atoms with Crippen molar-refractivity contribution < 1.29 is 17.9 Å². The fourth-order valence-electron chi connectivity index (χ4n) is 3.51. The summed E-state index contributed by atoms with van der Waals surface area (Å²) in [5.74, 6) is -0.303. The fourth-order valence-corrected chi connectivity index (χ4v) is 5.27. The highest BCUT2D eigenvalue weighted by Gasteiger charge is 2.34. The summed E-state index contributed by atoms with van der Waals surface area (Å²) in [6.07, 6.45) is 2.00. The maximum Gasteiger partial charge on any atom is 0.252 e. The lowest BCUT2D eigenvalue weighted by molar-refractivity contribution is -0.0948. The van der Waals surface area contributed by atoms with Crippen molar-refractivity contribution in [1.29, 1.82) is 0 Å². The number of amides is 1. The van der Waals surface area contributed by atoms with Crippen LogP contribution in [-0.2, 0) is 14.8 Å². The second kappa shape index (κ2) is 8.63. The number of morpholine rings is 1. The maximum absolute atomic E-state index is 12.8. The lowest BCUT2D eigenvalue weighted by Gasteiger charge is -2.45. The molecule has 2 unspecified atom stereocenters. The molecule has 1 aromatic rings. The number of nitrogens with zero attached hydrogens (tertiary/aromatic N) is 1. The van der Waals surface area contributed by atoms with Crippen LogP contribution >= 0.6 is 15.9 Å². The van der Waals surface area contributed by atoms with E-state index in [2.05, 4.69) is 58.6 Å². The topological polar surface area (TPSA) is 87.7 Å².